The Balaban J connectivity index is 3.29. The molecule has 0 unspecified atom stereocenters. The van der Waals surface area contributed by atoms with Crippen LogP contribution < -0.4 is 5.14 Å². The van der Waals surface area contributed by atoms with Gasteiger partial charge in [-0.15, -0.1) is 0 Å². The molecule has 0 aliphatic rings. The van der Waals surface area contributed by atoms with Gasteiger partial charge in [0.15, 0.2) is 0 Å². The summed E-state index contributed by atoms with van der Waals surface area (Å²) in [5.74, 6) is 0. The zero-order valence-corrected chi connectivity index (χ0v) is 8.67. The van der Waals surface area contributed by atoms with Crippen molar-refractivity contribution in [3.8, 4) is 0 Å². The van der Waals surface area contributed by atoms with E-state index in [1.165, 1.54) is 6.07 Å². The van der Waals surface area contributed by atoms with Gasteiger partial charge >= 0.3 is 0 Å². The molecule has 1 aromatic carbocycles. The van der Waals surface area contributed by atoms with Crippen molar-refractivity contribution in [1.29, 1.82) is 0 Å². The topological polar surface area (TPSA) is 80.1 Å². The van der Waals surface area contributed by atoms with Crippen LogP contribution in [0.15, 0.2) is 23.1 Å². The Labute approximate surface area is 83.4 Å². The smallest absolute Gasteiger partial charge is 0.236 e. The largest absolute Gasteiger partial charge is 0.238 e. The van der Waals surface area contributed by atoms with Crippen LogP contribution in [0.5, 0.6) is 0 Å². The van der Waals surface area contributed by atoms with Crippen LogP contribution in [-0.4, -0.2) is 15.0 Å². The summed E-state index contributed by atoms with van der Waals surface area (Å²) in [6.07, 6.45) is 0.188. The van der Waals surface area contributed by atoms with Crippen LogP contribution in [0.2, 0.25) is 0 Å². The van der Waals surface area contributed by atoms with Gasteiger partial charge in [-0.2, -0.15) is 0 Å². The van der Waals surface area contributed by atoms with Crippen molar-refractivity contribution in [2.24, 2.45) is 5.14 Å². The number of hydrogen-bond acceptors (Lipinski definition) is 2. The zero-order chi connectivity index (χ0) is 10.8. The first-order valence-electron chi connectivity index (χ1n) is 4.15. The third kappa shape index (κ3) is 2.54. The van der Waals surface area contributed by atoms with Gasteiger partial charge in [-0.25, -0.2) is 18.7 Å². The van der Waals surface area contributed by atoms with Crippen LogP contribution in [0.3, 0.4) is 0 Å². The Morgan fingerprint density at radius 2 is 2.00 bits per heavy atom. The fourth-order valence-electron chi connectivity index (χ4n) is 1.29. The molecular weight excluding hydrogens is 202 g/mol. The lowest BCUT2D eigenvalue weighted by molar-refractivity contribution is 0.196. The van der Waals surface area contributed by atoms with Crippen molar-refractivity contribution in [2.75, 3.05) is 6.61 Å². The maximum atomic E-state index is 11.1. The lowest BCUT2D eigenvalue weighted by atomic mass is 10.1. The Kier molecular flexibility index (Phi) is 3.25. The van der Waals surface area contributed by atoms with Gasteiger partial charge in [0.1, 0.15) is 0 Å². The molecule has 0 aliphatic carbocycles. The Bertz CT molecular complexity index is 426. The maximum Gasteiger partial charge on any atom is 0.238 e. The molecule has 0 aliphatic heterocycles. The molecule has 4 nitrogen and oxygen atoms in total. The SMILES string of the molecule is Cc1ccc(S(N)(=O)=O)c(CC[O])c1. The molecule has 0 fully saturated rings. The van der Waals surface area contributed by atoms with Crippen LogP contribution in [0, 0.1) is 6.92 Å². The highest BCUT2D eigenvalue weighted by atomic mass is 32.2. The molecule has 14 heavy (non-hydrogen) atoms. The van der Waals surface area contributed by atoms with E-state index in [9.17, 15) is 13.5 Å². The molecule has 0 amide bonds. The third-order valence-corrected chi connectivity index (χ3v) is 2.91. The minimum Gasteiger partial charge on any atom is -0.236 e. The second-order valence-electron chi connectivity index (χ2n) is 3.11. The number of rotatable bonds is 3. The van der Waals surface area contributed by atoms with Crippen LogP contribution in [0.4, 0.5) is 0 Å². The molecule has 0 atom stereocenters. The number of nitrogens with two attached hydrogens (primary N) is 1. The normalized spacial score (nSPS) is 11.6. The van der Waals surface area contributed by atoms with Gasteiger partial charge < -0.3 is 0 Å². The van der Waals surface area contributed by atoms with Crippen molar-refractivity contribution in [1.82, 2.24) is 0 Å². The number of benzene rings is 1. The van der Waals surface area contributed by atoms with Crippen molar-refractivity contribution >= 4 is 10.0 Å². The maximum absolute atomic E-state index is 11.1. The van der Waals surface area contributed by atoms with E-state index in [0.29, 0.717) is 5.56 Å². The standard InChI is InChI=1S/C9H12NO3S/c1-7-2-3-9(14(10,12)13)8(6-7)4-5-11/h2-3,6H,4-5H2,1H3,(H2,10,12,13). The van der Waals surface area contributed by atoms with Gasteiger partial charge in [-0.1, -0.05) is 17.7 Å². The van der Waals surface area contributed by atoms with Gasteiger partial charge in [-0.05, 0) is 18.6 Å². The highest BCUT2D eigenvalue weighted by molar-refractivity contribution is 7.89. The summed E-state index contributed by atoms with van der Waals surface area (Å²) in [5, 5.41) is 15.5. The quantitative estimate of drug-likeness (QED) is 0.800. The summed E-state index contributed by atoms with van der Waals surface area (Å²) in [6, 6.07) is 4.78. The van der Waals surface area contributed by atoms with Crippen molar-refractivity contribution in [3.63, 3.8) is 0 Å². The van der Waals surface area contributed by atoms with E-state index in [1.54, 1.807) is 12.1 Å². The number of aryl methyl sites for hydroxylation is 1. The number of primary sulfonamides is 1. The number of hydrogen-bond donors (Lipinski definition) is 1. The summed E-state index contributed by atoms with van der Waals surface area (Å²) in [6.45, 7) is 1.49. The van der Waals surface area contributed by atoms with E-state index in [4.69, 9.17) is 5.14 Å². The first kappa shape index (κ1) is 11.2. The molecular formula is C9H12NO3S. The monoisotopic (exact) mass is 214 g/mol. The van der Waals surface area contributed by atoms with Crippen LogP contribution >= 0.6 is 0 Å². The van der Waals surface area contributed by atoms with Crippen LogP contribution in [-0.2, 0) is 21.6 Å². The average molecular weight is 214 g/mol. The van der Waals surface area contributed by atoms with Gasteiger partial charge in [0, 0.05) is 6.42 Å². The Morgan fingerprint density at radius 1 is 1.36 bits per heavy atom. The average Bonchev–Trinajstić information content (AvgIpc) is 2.02. The molecule has 5 heteroatoms. The summed E-state index contributed by atoms with van der Waals surface area (Å²) in [7, 11) is -3.71. The molecule has 1 aromatic rings. The van der Waals surface area contributed by atoms with Gasteiger partial charge in [0.05, 0.1) is 11.5 Å². The van der Waals surface area contributed by atoms with Gasteiger partial charge in [0.2, 0.25) is 10.0 Å². The highest BCUT2D eigenvalue weighted by Gasteiger charge is 2.13. The zero-order valence-electron chi connectivity index (χ0n) is 7.86. The molecule has 0 bridgehead atoms. The van der Waals surface area contributed by atoms with Crippen molar-refractivity contribution < 1.29 is 13.5 Å². The minimum absolute atomic E-state index is 0.0546. The minimum atomic E-state index is -3.71. The molecule has 2 N–H and O–H groups in total. The molecule has 0 aromatic heterocycles. The first-order valence-corrected chi connectivity index (χ1v) is 5.70. The van der Waals surface area contributed by atoms with E-state index >= 15 is 0 Å². The third-order valence-electron chi connectivity index (χ3n) is 1.89. The predicted molar refractivity (Wildman–Crippen MR) is 51.8 cm³/mol. The number of sulfonamides is 1. The fraction of sp³-hybridized carbons (Fsp3) is 0.333. The summed E-state index contributed by atoms with van der Waals surface area (Å²) >= 11 is 0. The fourth-order valence-corrected chi connectivity index (χ4v) is 2.08. The van der Waals surface area contributed by atoms with Crippen LogP contribution in [0.1, 0.15) is 11.1 Å². The molecule has 0 heterocycles. The molecule has 0 saturated heterocycles. The van der Waals surface area contributed by atoms with Gasteiger partial charge in [-0.3, -0.25) is 0 Å². The van der Waals surface area contributed by atoms with E-state index in [-0.39, 0.29) is 17.9 Å². The Morgan fingerprint density at radius 3 is 2.50 bits per heavy atom. The first-order chi connectivity index (χ1) is 6.45. The summed E-state index contributed by atoms with van der Waals surface area (Å²) < 4.78 is 22.2. The molecule has 77 valence electrons. The lowest BCUT2D eigenvalue weighted by Crippen LogP contribution is -2.15. The highest BCUT2D eigenvalue weighted by Crippen LogP contribution is 2.16. The van der Waals surface area contributed by atoms with E-state index in [1.807, 2.05) is 6.92 Å². The summed E-state index contributed by atoms with van der Waals surface area (Å²) in [4.78, 5) is 0.0546. The van der Waals surface area contributed by atoms with Crippen molar-refractivity contribution in [2.45, 2.75) is 18.2 Å². The van der Waals surface area contributed by atoms with E-state index < -0.39 is 10.0 Å². The second-order valence-corrected chi connectivity index (χ2v) is 4.64. The van der Waals surface area contributed by atoms with Crippen molar-refractivity contribution in [3.05, 3.63) is 29.3 Å². The van der Waals surface area contributed by atoms with E-state index in [2.05, 4.69) is 0 Å². The van der Waals surface area contributed by atoms with E-state index in [0.717, 1.165) is 5.56 Å². The predicted octanol–water partition coefficient (Wildman–Crippen LogP) is 0.615. The second kappa shape index (κ2) is 4.08. The lowest BCUT2D eigenvalue weighted by Gasteiger charge is -2.06. The molecule has 1 rings (SSSR count). The Hall–Kier alpha value is -0.910. The summed E-state index contributed by atoms with van der Waals surface area (Å²) in [5.41, 5.74) is 1.42. The molecule has 1 radical (unpaired) electrons. The molecule has 0 saturated carbocycles. The van der Waals surface area contributed by atoms with Gasteiger partial charge in [0.25, 0.3) is 0 Å². The molecule has 0 spiro atoms. The van der Waals surface area contributed by atoms with Crippen LogP contribution in [0.25, 0.3) is 0 Å².